The number of rotatable bonds is 4. The van der Waals surface area contributed by atoms with Gasteiger partial charge in [0.2, 0.25) is 0 Å². The number of fused-ring (bicyclic) bond motifs is 1. The molecule has 0 spiro atoms. The first kappa shape index (κ1) is 15.0. The fourth-order valence-corrected chi connectivity index (χ4v) is 2.64. The normalized spacial score (nSPS) is 19.8. The number of ether oxygens (including phenoxy) is 3. The monoisotopic (exact) mass is 306 g/mol. The SMILES string of the molecule is CN(Cc1ccc2c(c1)OCCO2)C(=O)NC[C@H]1CCOC1. The summed E-state index contributed by atoms with van der Waals surface area (Å²) >= 11 is 0. The Balaban J connectivity index is 1.51. The van der Waals surface area contributed by atoms with E-state index in [1.807, 2.05) is 18.2 Å². The van der Waals surface area contributed by atoms with Crippen molar-refractivity contribution in [1.82, 2.24) is 10.2 Å². The van der Waals surface area contributed by atoms with Crippen LogP contribution in [-0.2, 0) is 11.3 Å². The molecule has 2 aliphatic rings. The molecule has 120 valence electrons. The van der Waals surface area contributed by atoms with Gasteiger partial charge in [0.05, 0.1) is 6.61 Å². The number of urea groups is 1. The first-order chi connectivity index (χ1) is 10.7. The van der Waals surface area contributed by atoms with Crippen molar-refractivity contribution in [2.45, 2.75) is 13.0 Å². The van der Waals surface area contributed by atoms with Crippen LogP contribution in [0.2, 0.25) is 0 Å². The molecule has 1 fully saturated rings. The molecular formula is C16H22N2O4. The third kappa shape index (κ3) is 3.62. The summed E-state index contributed by atoms with van der Waals surface area (Å²) in [4.78, 5) is 13.8. The van der Waals surface area contributed by atoms with Crippen molar-refractivity contribution < 1.29 is 19.0 Å². The van der Waals surface area contributed by atoms with Gasteiger partial charge >= 0.3 is 6.03 Å². The maximum atomic E-state index is 12.1. The predicted octanol–water partition coefficient (Wildman–Crippen LogP) is 1.64. The Kier molecular flexibility index (Phi) is 4.68. The second-order valence-electron chi connectivity index (χ2n) is 5.75. The van der Waals surface area contributed by atoms with Crippen molar-refractivity contribution in [2.24, 2.45) is 5.92 Å². The van der Waals surface area contributed by atoms with E-state index in [4.69, 9.17) is 14.2 Å². The van der Waals surface area contributed by atoms with Gasteiger partial charge in [-0.2, -0.15) is 0 Å². The number of nitrogens with one attached hydrogen (secondary N) is 1. The summed E-state index contributed by atoms with van der Waals surface area (Å²) in [5.74, 6) is 1.95. The Bertz CT molecular complexity index is 529. The fourth-order valence-electron chi connectivity index (χ4n) is 2.64. The Hall–Kier alpha value is -1.95. The molecule has 0 saturated carbocycles. The highest BCUT2D eigenvalue weighted by atomic mass is 16.6. The molecule has 0 radical (unpaired) electrons. The fraction of sp³-hybridized carbons (Fsp3) is 0.562. The molecule has 1 saturated heterocycles. The number of benzene rings is 1. The van der Waals surface area contributed by atoms with Crippen molar-refractivity contribution >= 4 is 6.03 Å². The van der Waals surface area contributed by atoms with Crippen LogP contribution in [0.5, 0.6) is 11.5 Å². The second-order valence-corrected chi connectivity index (χ2v) is 5.75. The molecule has 1 aromatic carbocycles. The largest absolute Gasteiger partial charge is 0.486 e. The average Bonchev–Trinajstić information content (AvgIpc) is 3.06. The van der Waals surface area contributed by atoms with Gasteiger partial charge in [0.25, 0.3) is 0 Å². The first-order valence-electron chi connectivity index (χ1n) is 7.67. The molecule has 2 aliphatic heterocycles. The van der Waals surface area contributed by atoms with E-state index in [2.05, 4.69) is 5.32 Å². The lowest BCUT2D eigenvalue weighted by Gasteiger charge is -2.22. The Morgan fingerprint density at radius 3 is 2.86 bits per heavy atom. The number of carbonyl (C=O) groups excluding carboxylic acids is 1. The highest BCUT2D eigenvalue weighted by molar-refractivity contribution is 5.73. The summed E-state index contributed by atoms with van der Waals surface area (Å²) in [5.41, 5.74) is 1.02. The van der Waals surface area contributed by atoms with E-state index >= 15 is 0 Å². The molecule has 1 aromatic rings. The third-order valence-electron chi connectivity index (χ3n) is 3.94. The standard InChI is InChI=1S/C16H22N2O4/c1-18(16(19)17-9-13-4-5-20-11-13)10-12-2-3-14-15(8-12)22-7-6-21-14/h2-3,8,13H,4-7,9-11H2,1H3,(H,17,19)/t13-/m1/s1. The molecule has 1 atom stereocenters. The number of carbonyl (C=O) groups is 1. The molecule has 0 aromatic heterocycles. The topological polar surface area (TPSA) is 60.0 Å². The quantitative estimate of drug-likeness (QED) is 0.918. The molecule has 6 heteroatoms. The maximum Gasteiger partial charge on any atom is 0.317 e. The van der Waals surface area contributed by atoms with E-state index in [9.17, 15) is 4.79 Å². The van der Waals surface area contributed by atoms with Crippen molar-refractivity contribution in [1.29, 1.82) is 0 Å². The molecule has 0 unspecified atom stereocenters. The molecule has 22 heavy (non-hydrogen) atoms. The van der Waals surface area contributed by atoms with E-state index in [1.165, 1.54) is 0 Å². The summed E-state index contributed by atoms with van der Waals surface area (Å²) in [6.07, 6.45) is 1.02. The van der Waals surface area contributed by atoms with Crippen LogP contribution >= 0.6 is 0 Å². The average molecular weight is 306 g/mol. The van der Waals surface area contributed by atoms with Gasteiger partial charge in [-0.15, -0.1) is 0 Å². The minimum Gasteiger partial charge on any atom is -0.486 e. The van der Waals surface area contributed by atoms with Gasteiger partial charge in [-0.1, -0.05) is 6.07 Å². The lowest BCUT2D eigenvalue weighted by atomic mass is 10.1. The van der Waals surface area contributed by atoms with Gasteiger partial charge in [0.1, 0.15) is 13.2 Å². The highest BCUT2D eigenvalue weighted by Crippen LogP contribution is 2.31. The van der Waals surface area contributed by atoms with E-state index in [-0.39, 0.29) is 6.03 Å². The minimum atomic E-state index is -0.0678. The van der Waals surface area contributed by atoms with Crippen molar-refractivity contribution in [2.75, 3.05) is 40.0 Å². The summed E-state index contributed by atoms with van der Waals surface area (Å²) in [5, 5.41) is 2.96. The molecule has 2 amide bonds. The number of hydrogen-bond acceptors (Lipinski definition) is 4. The summed E-state index contributed by atoms with van der Waals surface area (Å²) in [6.45, 7) is 3.89. The lowest BCUT2D eigenvalue weighted by molar-refractivity contribution is 0.171. The summed E-state index contributed by atoms with van der Waals surface area (Å²) in [7, 11) is 1.79. The maximum absolute atomic E-state index is 12.1. The zero-order chi connectivity index (χ0) is 15.4. The third-order valence-corrected chi connectivity index (χ3v) is 3.94. The van der Waals surface area contributed by atoms with Crippen molar-refractivity contribution in [3.05, 3.63) is 23.8 Å². The van der Waals surface area contributed by atoms with Gasteiger partial charge in [-0.05, 0) is 24.1 Å². The predicted molar refractivity (Wildman–Crippen MR) is 81.2 cm³/mol. The van der Waals surface area contributed by atoms with Crippen LogP contribution in [0.4, 0.5) is 4.79 Å². The Morgan fingerprint density at radius 2 is 2.09 bits per heavy atom. The van der Waals surface area contributed by atoms with E-state index in [0.29, 0.717) is 32.2 Å². The molecule has 0 aliphatic carbocycles. The van der Waals surface area contributed by atoms with E-state index < -0.39 is 0 Å². The van der Waals surface area contributed by atoms with Gasteiger partial charge in [-0.3, -0.25) is 0 Å². The molecular weight excluding hydrogens is 284 g/mol. The van der Waals surface area contributed by atoms with Gasteiger partial charge in [0.15, 0.2) is 11.5 Å². The molecule has 3 rings (SSSR count). The number of hydrogen-bond donors (Lipinski definition) is 1. The van der Waals surface area contributed by atoms with E-state index in [0.717, 1.165) is 36.7 Å². The zero-order valence-corrected chi connectivity index (χ0v) is 12.8. The number of amides is 2. The molecule has 0 bridgehead atoms. The lowest BCUT2D eigenvalue weighted by Crippen LogP contribution is -2.39. The van der Waals surface area contributed by atoms with Crippen molar-refractivity contribution in [3.8, 4) is 11.5 Å². The van der Waals surface area contributed by atoms with Gasteiger partial charge < -0.3 is 24.4 Å². The van der Waals surface area contributed by atoms with Crippen LogP contribution in [-0.4, -0.2) is 51.0 Å². The van der Waals surface area contributed by atoms with Gasteiger partial charge in [-0.25, -0.2) is 4.79 Å². The van der Waals surface area contributed by atoms with Gasteiger partial charge in [0, 0.05) is 32.7 Å². The molecule has 6 nitrogen and oxygen atoms in total. The summed E-state index contributed by atoms with van der Waals surface area (Å²) in [6, 6.07) is 5.72. The highest BCUT2D eigenvalue weighted by Gasteiger charge is 2.18. The van der Waals surface area contributed by atoms with Crippen molar-refractivity contribution in [3.63, 3.8) is 0 Å². The van der Waals surface area contributed by atoms with E-state index in [1.54, 1.807) is 11.9 Å². The van der Waals surface area contributed by atoms with Crippen LogP contribution in [0, 0.1) is 5.92 Å². The first-order valence-corrected chi connectivity index (χ1v) is 7.67. The molecule has 2 heterocycles. The smallest absolute Gasteiger partial charge is 0.317 e. The Labute approximate surface area is 130 Å². The van der Waals surface area contributed by atoms with Crippen LogP contribution in [0.1, 0.15) is 12.0 Å². The second kappa shape index (κ2) is 6.87. The van der Waals surface area contributed by atoms with Crippen LogP contribution < -0.4 is 14.8 Å². The molecule has 1 N–H and O–H groups in total. The summed E-state index contributed by atoms with van der Waals surface area (Å²) < 4.78 is 16.4. The Morgan fingerprint density at radius 1 is 1.27 bits per heavy atom. The van der Waals surface area contributed by atoms with Crippen LogP contribution in [0.3, 0.4) is 0 Å². The van der Waals surface area contributed by atoms with Crippen LogP contribution in [0.15, 0.2) is 18.2 Å². The number of nitrogens with zero attached hydrogens (tertiary/aromatic N) is 1. The minimum absolute atomic E-state index is 0.0678. The zero-order valence-electron chi connectivity index (χ0n) is 12.8. The van der Waals surface area contributed by atoms with Crippen LogP contribution in [0.25, 0.3) is 0 Å².